The van der Waals surface area contributed by atoms with Gasteiger partial charge in [0.1, 0.15) is 0 Å². The standard InChI is InChI=1S/C26H23ClN2O3/c1-18-7-6-8-19(17-18)24(30)28(21-13-11-20(27)12-14-21)15-4-5-16-29-25(31)22-9-2-3-10-23(22)26(29)32/h2-3,6-14,17H,4-5,15-16H2,1H3. The number of hydrogen-bond donors (Lipinski definition) is 0. The third kappa shape index (κ3) is 4.43. The van der Waals surface area contributed by atoms with Gasteiger partial charge in [0.15, 0.2) is 0 Å². The van der Waals surface area contributed by atoms with Crippen LogP contribution in [0.4, 0.5) is 5.69 Å². The van der Waals surface area contributed by atoms with Crippen molar-refractivity contribution >= 4 is 35.0 Å². The van der Waals surface area contributed by atoms with Crippen LogP contribution in [0.5, 0.6) is 0 Å². The highest BCUT2D eigenvalue weighted by Crippen LogP contribution is 2.24. The number of halogens is 1. The number of unbranched alkanes of at least 4 members (excludes halogenated alkanes) is 1. The molecule has 3 aromatic rings. The second-order valence-electron chi connectivity index (χ2n) is 7.82. The Hall–Kier alpha value is -3.44. The fourth-order valence-corrected chi connectivity index (χ4v) is 4.01. The first-order chi connectivity index (χ1) is 15.5. The van der Waals surface area contributed by atoms with Gasteiger partial charge in [0.2, 0.25) is 0 Å². The fourth-order valence-electron chi connectivity index (χ4n) is 3.88. The van der Waals surface area contributed by atoms with Gasteiger partial charge in [-0.15, -0.1) is 0 Å². The van der Waals surface area contributed by atoms with Crippen LogP contribution < -0.4 is 4.90 Å². The van der Waals surface area contributed by atoms with Crippen molar-refractivity contribution < 1.29 is 14.4 Å². The Morgan fingerprint density at radius 2 is 1.53 bits per heavy atom. The van der Waals surface area contributed by atoms with Crippen LogP contribution in [0.3, 0.4) is 0 Å². The van der Waals surface area contributed by atoms with Crippen molar-refractivity contribution in [1.82, 2.24) is 4.90 Å². The van der Waals surface area contributed by atoms with Crippen LogP contribution in [-0.4, -0.2) is 35.7 Å². The number of carbonyl (C=O) groups is 3. The Morgan fingerprint density at radius 3 is 2.16 bits per heavy atom. The second kappa shape index (κ2) is 9.37. The number of hydrogen-bond acceptors (Lipinski definition) is 3. The maximum absolute atomic E-state index is 13.3. The minimum Gasteiger partial charge on any atom is -0.308 e. The van der Waals surface area contributed by atoms with Crippen molar-refractivity contribution in [1.29, 1.82) is 0 Å². The Bertz CT molecular complexity index is 1140. The largest absolute Gasteiger partial charge is 0.308 e. The molecule has 0 aliphatic carbocycles. The lowest BCUT2D eigenvalue weighted by molar-refractivity contribution is 0.0651. The van der Waals surface area contributed by atoms with Gasteiger partial charge < -0.3 is 4.90 Å². The molecule has 5 nitrogen and oxygen atoms in total. The number of anilines is 1. The van der Waals surface area contributed by atoms with Crippen LogP contribution in [0, 0.1) is 6.92 Å². The molecule has 0 fully saturated rings. The maximum Gasteiger partial charge on any atom is 0.261 e. The van der Waals surface area contributed by atoms with Crippen molar-refractivity contribution in [2.75, 3.05) is 18.0 Å². The summed E-state index contributed by atoms with van der Waals surface area (Å²) < 4.78 is 0. The minimum absolute atomic E-state index is 0.100. The lowest BCUT2D eigenvalue weighted by Crippen LogP contribution is -2.34. The van der Waals surface area contributed by atoms with E-state index < -0.39 is 0 Å². The summed E-state index contributed by atoms with van der Waals surface area (Å²) in [6, 6.07) is 21.5. The molecule has 0 atom stereocenters. The predicted molar refractivity (Wildman–Crippen MR) is 125 cm³/mol. The molecule has 3 aromatic carbocycles. The van der Waals surface area contributed by atoms with Gasteiger partial charge in [-0.3, -0.25) is 19.3 Å². The van der Waals surface area contributed by atoms with E-state index in [1.165, 1.54) is 4.90 Å². The summed E-state index contributed by atoms with van der Waals surface area (Å²) in [6.07, 6.45) is 1.23. The predicted octanol–water partition coefficient (Wildman–Crippen LogP) is 5.37. The first kappa shape index (κ1) is 21.8. The maximum atomic E-state index is 13.3. The Labute approximate surface area is 192 Å². The van der Waals surface area contributed by atoms with E-state index in [1.54, 1.807) is 47.4 Å². The summed E-state index contributed by atoms with van der Waals surface area (Å²) in [7, 11) is 0. The third-order valence-electron chi connectivity index (χ3n) is 5.54. The van der Waals surface area contributed by atoms with Crippen LogP contribution in [0.15, 0.2) is 72.8 Å². The first-order valence-corrected chi connectivity index (χ1v) is 10.9. The normalized spacial score (nSPS) is 12.8. The molecule has 0 radical (unpaired) electrons. The highest BCUT2D eigenvalue weighted by atomic mass is 35.5. The van der Waals surface area contributed by atoms with E-state index in [0.717, 1.165) is 11.3 Å². The van der Waals surface area contributed by atoms with E-state index in [1.807, 2.05) is 37.3 Å². The molecule has 3 amide bonds. The number of amides is 3. The molecular weight excluding hydrogens is 424 g/mol. The Morgan fingerprint density at radius 1 is 0.875 bits per heavy atom. The van der Waals surface area contributed by atoms with E-state index in [4.69, 9.17) is 11.6 Å². The summed E-state index contributed by atoms with van der Waals surface area (Å²) in [5.74, 6) is -0.608. The number of imide groups is 1. The van der Waals surface area contributed by atoms with Crippen molar-refractivity contribution in [3.63, 3.8) is 0 Å². The monoisotopic (exact) mass is 446 g/mol. The summed E-state index contributed by atoms with van der Waals surface area (Å²) in [5.41, 5.74) is 3.28. The van der Waals surface area contributed by atoms with Crippen LogP contribution in [0.1, 0.15) is 49.5 Å². The minimum atomic E-state index is -0.254. The zero-order chi connectivity index (χ0) is 22.7. The summed E-state index contributed by atoms with van der Waals surface area (Å²) >= 11 is 6.03. The van der Waals surface area contributed by atoms with Crippen molar-refractivity contribution in [2.24, 2.45) is 0 Å². The quantitative estimate of drug-likeness (QED) is 0.362. The molecule has 0 spiro atoms. The zero-order valence-corrected chi connectivity index (χ0v) is 18.5. The molecule has 0 saturated heterocycles. The molecule has 0 aromatic heterocycles. The average Bonchev–Trinajstić information content (AvgIpc) is 3.04. The molecule has 1 aliphatic rings. The summed E-state index contributed by atoms with van der Waals surface area (Å²) in [5, 5.41) is 0.599. The molecule has 32 heavy (non-hydrogen) atoms. The molecule has 162 valence electrons. The lowest BCUT2D eigenvalue weighted by Gasteiger charge is -2.24. The zero-order valence-electron chi connectivity index (χ0n) is 17.8. The number of nitrogens with zero attached hydrogens (tertiary/aromatic N) is 2. The van der Waals surface area contributed by atoms with Gasteiger partial charge in [0.05, 0.1) is 11.1 Å². The van der Waals surface area contributed by atoms with Crippen molar-refractivity contribution in [3.05, 3.63) is 100 Å². The fraction of sp³-hybridized carbons (Fsp3) is 0.192. The van der Waals surface area contributed by atoms with Gasteiger partial charge in [-0.2, -0.15) is 0 Å². The van der Waals surface area contributed by atoms with Crippen LogP contribution >= 0.6 is 11.6 Å². The molecule has 4 rings (SSSR count). The molecule has 0 saturated carbocycles. The number of carbonyl (C=O) groups excluding carboxylic acids is 3. The molecule has 0 unspecified atom stereocenters. The van der Waals surface area contributed by atoms with Gasteiger partial charge in [-0.05, 0) is 68.3 Å². The highest BCUT2D eigenvalue weighted by molar-refractivity contribution is 6.30. The summed E-state index contributed by atoms with van der Waals surface area (Å²) in [6.45, 7) is 2.72. The van der Waals surface area contributed by atoms with Gasteiger partial charge in [-0.1, -0.05) is 41.4 Å². The van der Waals surface area contributed by atoms with E-state index in [0.29, 0.717) is 47.6 Å². The average molecular weight is 447 g/mol. The lowest BCUT2D eigenvalue weighted by atomic mass is 10.1. The highest BCUT2D eigenvalue weighted by Gasteiger charge is 2.34. The van der Waals surface area contributed by atoms with Crippen LogP contribution in [-0.2, 0) is 0 Å². The van der Waals surface area contributed by atoms with Crippen molar-refractivity contribution in [2.45, 2.75) is 19.8 Å². The topological polar surface area (TPSA) is 57.7 Å². The second-order valence-corrected chi connectivity index (χ2v) is 8.25. The Balaban J connectivity index is 1.44. The molecule has 1 heterocycles. The third-order valence-corrected chi connectivity index (χ3v) is 5.79. The van der Waals surface area contributed by atoms with Gasteiger partial charge in [-0.25, -0.2) is 0 Å². The Kier molecular flexibility index (Phi) is 6.37. The van der Waals surface area contributed by atoms with E-state index >= 15 is 0 Å². The number of aryl methyl sites for hydroxylation is 1. The number of benzene rings is 3. The van der Waals surface area contributed by atoms with E-state index in [2.05, 4.69) is 0 Å². The molecule has 0 N–H and O–H groups in total. The van der Waals surface area contributed by atoms with Crippen LogP contribution in [0.2, 0.25) is 5.02 Å². The van der Waals surface area contributed by atoms with Crippen LogP contribution in [0.25, 0.3) is 0 Å². The van der Waals surface area contributed by atoms with E-state index in [9.17, 15) is 14.4 Å². The smallest absolute Gasteiger partial charge is 0.261 e. The molecular formula is C26H23ClN2O3. The first-order valence-electron chi connectivity index (χ1n) is 10.5. The molecule has 6 heteroatoms. The number of fused-ring (bicyclic) bond motifs is 1. The van der Waals surface area contributed by atoms with Crippen molar-refractivity contribution in [3.8, 4) is 0 Å². The molecule has 1 aliphatic heterocycles. The molecule has 0 bridgehead atoms. The SMILES string of the molecule is Cc1cccc(C(=O)N(CCCCN2C(=O)c3ccccc3C2=O)c2ccc(Cl)cc2)c1. The van der Waals surface area contributed by atoms with E-state index in [-0.39, 0.29) is 17.7 Å². The number of rotatable bonds is 7. The summed E-state index contributed by atoms with van der Waals surface area (Å²) in [4.78, 5) is 41.4. The van der Waals surface area contributed by atoms with Gasteiger partial charge in [0, 0.05) is 29.4 Å². The van der Waals surface area contributed by atoms with Gasteiger partial charge >= 0.3 is 0 Å². The van der Waals surface area contributed by atoms with Gasteiger partial charge in [0.25, 0.3) is 17.7 Å².